The van der Waals surface area contributed by atoms with E-state index in [2.05, 4.69) is 15.3 Å². The Morgan fingerprint density at radius 3 is 2.17 bits per heavy atom. The second-order valence-corrected chi connectivity index (χ2v) is 6.14. The number of aromatic amines is 1. The molecule has 3 amide bonds. The fraction of sp³-hybridized carbons (Fsp3) is 0.500. The van der Waals surface area contributed by atoms with E-state index >= 15 is 0 Å². The van der Waals surface area contributed by atoms with Gasteiger partial charge in [-0.25, -0.2) is 4.90 Å². The molecule has 1 rings (SSSR count). The molecule has 0 aliphatic heterocycles. The number of carbonyl (C=O) groups excluding carboxylic acids is 5. The maximum atomic E-state index is 12.8. The molecule has 158 valence electrons. The lowest BCUT2D eigenvalue weighted by molar-refractivity contribution is -0.149. The SMILES string of the molecule is CCOC(=O)C(CC)C(C=O)c1c(N(C(C)=O)C(C)=O)nc(NC(C)=O)[nH]c1=O. The van der Waals surface area contributed by atoms with Crippen molar-refractivity contribution < 1.29 is 28.7 Å². The number of esters is 1. The molecule has 0 bridgehead atoms. The second kappa shape index (κ2) is 10.2. The third-order valence-electron chi connectivity index (χ3n) is 4.01. The quantitative estimate of drug-likeness (QED) is 0.465. The van der Waals surface area contributed by atoms with E-state index in [-0.39, 0.29) is 24.5 Å². The highest BCUT2D eigenvalue weighted by atomic mass is 16.5. The number of imide groups is 1. The molecule has 1 aromatic heterocycles. The van der Waals surface area contributed by atoms with Gasteiger partial charge in [-0.05, 0) is 13.3 Å². The summed E-state index contributed by atoms with van der Waals surface area (Å²) in [4.78, 5) is 79.3. The van der Waals surface area contributed by atoms with Crippen molar-refractivity contribution in [2.45, 2.75) is 47.0 Å². The van der Waals surface area contributed by atoms with Gasteiger partial charge in [0.15, 0.2) is 5.82 Å². The number of nitrogens with one attached hydrogen (secondary N) is 2. The molecule has 2 unspecified atom stereocenters. The van der Waals surface area contributed by atoms with E-state index in [1.54, 1.807) is 13.8 Å². The molecular formula is C18H24N4O7. The van der Waals surface area contributed by atoms with Crippen molar-refractivity contribution >= 4 is 41.7 Å². The Kier molecular flexibility index (Phi) is 8.37. The Hall–Kier alpha value is -3.37. The third kappa shape index (κ3) is 5.56. The number of hydrogen-bond acceptors (Lipinski definition) is 8. The molecule has 0 spiro atoms. The summed E-state index contributed by atoms with van der Waals surface area (Å²) >= 11 is 0. The molecule has 0 saturated carbocycles. The molecule has 0 saturated heterocycles. The van der Waals surface area contributed by atoms with Crippen LogP contribution in [0.5, 0.6) is 0 Å². The van der Waals surface area contributed by atoms with Gasteiger partial charge in [0.25, 0.3) is 5.56 Å². The average Bonchev–Trinajstić information content (AvgIpc) is 2.59. The monoisotopic (exact) mass is 408 g/mol. The van der Waals surface area contributed by atoms with Crippen molar-refractivity contribution in [2.24, 2.45) is 5.92 Å². The maximum Gasteiger partial charge on any atom is 0.309 e. The van der Waals surface area contributed by atoms with E-state index in [1.807, 2.05) is 0 Å². The number of rotatable bonds is 8. The fourth-order valence-electron chi connectivity index (χ4n) is 2.87. The molecule has 0 radical (unpaired) electrons. The van der Waals surface area contributed by atoms with E-state index in [0.717, 1.165) is 13.8 Å². The van der Waals surface area contributed by atoms with E-state index in [9.17, 15) is 28.8 Å². The highest BCUT2D eigenvalue weighted by molar-refractivity contribution is 6.13. The van der Waals surface area contributed by atoms with Crippen LogP contribution in [-0.2, 0) is 28.7 Å². The van der Waals surface area contributed by atoms with Gasteiger partial charge in [0.05, 0.1) is 24.0 Å². The number of hydrogen-bond donors (Lipinski definition) is 2. The zero-order valence-corrected chi connectivity index (χ0v) is 16.9. The first-order chi connectivity index (χ1) is 13.6. The Labute approximate surface area is 166 Å². The normalized spacial score (nSPS) is 12.4. The number of aromatic nitrogens is 2. The second-order valence-electron chi connectivity index (χ2n) is 6.14. The lowest BCUT2D eigenvalue weighted by atomic mass is 9.85. The number of anilines is 2. The first-order valence-corrected chi connectivity index (χ1v) is 8.93. The first kappa shape index (κ1) is 23.7. The first-order valence-electron chi connectivity index (χ1n) is 8.93. The van der Waals surface area contributed by atoms with Crippen molar-refractivity contribution in [3.8, 4) is 0 Å². The number of nitrogens with zero attached hydrogens (tertiary/aromatic N) is 2. The summed E-state index contributed by atoms with van der Waals surface area (Å²) in [5.74, 6) is -5.92. The summed E-state index contributed by atoms with van der Waals surface area (Å²) in [6, 6.07) is 0. The van der Waals surface area contributed by atoms with Crippen LogP contribution < -0.4 is 15.8 Å². The smallest absolute Gasteiger partial charge is 0.309 e. The topological polar surface area (TPSA) is 156 Å². The Balaban J connectivity index is 3.81. The molecule has 11 heteroatoms. The summed E-state index contributed by atoms with van der Waals surface area (Å²) in [6.07, 6.45) is 0.520. The Morgan fingerprint density at radius 2 is 1.76 bits per heavy atom. The van der Waals surface area contributed by atoms with Gasteiger partial charge in [-0.1, -0.05) is 6.92 Å². The van der Waals surface area contributed by atoms with E-state index in [0.29, 0.717) is 11.2 Å². The van der Waals surface area contributed by atoms with Crippen LogP contribution in [0.1, 0.15) is 52.5 Å². The summed E-state index contributed by atoms with van der Waals surface area (Å²) in [7, 11) is 0. The predicted molar refractivity (Wildman–Crippen MR) is 102 cm³/mol. The zero-order valence-electron chi connectivity index (χ0n) is 16.9. The number of amides is 3. The molecule has 0 aliphatic rings. The average molecular weight is 408 g/mol. The zero-order chi connectivity index (χ0) is 22.3. The van der Waals surface area contributed by atoms with Gasteiger partial charge in [0, 0.05) is 20.8 Å². The van der Waals surface area contributed by atoms with Gasteiger partial charge in [0.1, 0.15) is 6.29 Å². The maximum absolute atomic E-state index is 12.8. The minimum absolute atomic E-state index is 0.0663. The van der Waals surface area contributed by atoms with Gasteiger partial charge in [-0.15, -0.1) is 0 Å². The minimum atomic E-state index is -1.34. The lowest BCUT2D eigenvalue weighted by Gasteiger charge is -2.25. The van der Waals surface area contributed by atoms with Crippen molar-refractivity contribution in [1.29, 1.82) is 0 Å². The summed E-state index contributed by atoms with van der Waals surface area (Å²) in [5.41, 5.74) is -1.23. The Morgan fingerprint density at radius 1 is 1.17 bits per heavy atom. The van der Waals surface area contributed by atoms with Crippen LogP contribution in [0.2, 0.25) is 0 Å². The minimum Gasteiger partial charge on any atom is -0.466 e. The van der Waals surface area contributed by atoms with Gasteiger partial charge in [-0.2, -0.15) is 4.98 Å². The molecule has 0 aliphatic carbocycles. The predicted octanol–water partition coefficient (Wildman–Crippen LogP) is 0.500. The van der Waals surface area contributed by atoms with Crippen LogP contribution in [0.3, 0.4) is 0 Å². The van der Waals surface area contributed by atoms with Gasteiger partial charge >= 0.3 is 5.97 Å². The largest absolute Gasteiger partial charge is 0.466 e. The van der Waals surface area contributed by atoms with Crippen molar-refractivity contribution in [2.75, 3.05) is 16.8 Å². The van der Waals surface area contributed by atoms with Crippen molar-refractivity contribution in [3.63, 3.8) is 0 Å². The standard InChI is InChI=1S/C18H24N4O7/c1-6-12(17(28)29-7-2)13(8-23)14-15(22(10(4)25)11(5)26)20-18(19-9(3)24)21-16(14)27/h8,12-13H,6-7H2,1-5H3,(H2,19,20,21,24,27). The van der Waals surface area contributed by atoms with Crippen LogP contribution in [0.15, 0.2) is 4.79 Å². The molecule has 2 N–H and O–H groups in total. The highest BCUT2D eigenvalue weighted by Crippen LogP contribution is 2.31. The third-order valence-corrected chi connectivity index (χ3v) is 4.01. The summed E-state index contributed by atoms with van der Waals surface area (Å²) in [6.45, 7) is 6.60. The van der Waals surface area contributed by atoms with Crippen LogP contribution in [0, 0.1) is 5.92 Å². The molecule has 29 heavy (non-hydrogen) atoms. The van der Waals surface area contributed by atoms with Gasteiger partial charge < -0.3 is 9.53 Å². The highest BCUT2D eigenvalue weighted by Gasteiger charge is 2.36. The fourth-order valence-corrected chi connectivity index (χ4v) is 2.87. The molecule has 0 fully saturated rings. The molecule has 0 aromatic carbocycles. The van der Waals surface area contributed by atoms with Crippen LogP contribution in [-0.4, -0.2) is 46.6 Å². The lowest BCUT2D eigenvalue weighted by Crippen LogP contribution is -2.39. The number of carbonyl (C=O) groups is 5. The van der Waals surface area contributed by atoms with Crippen molar-refractivity contribution in [1.82, 2.24) is 9.97 Å². The summed E-state index contributed by atoms with van der Waals surface area (Å²) < 4.78 is 4.98. The van der Waals surface area contributed by atoms with Crippen LogP contribution in [0.25, 0.3) is 0 Å². The molecule has 1 heterocycles. The van der Waals surface area contributed by atoms with Crippen molar-refractivity contribution in [3.05, 3.63) is 15.9 Å². The van der Waals surface area contributed by atoms with E-state index < -0.39 is 46.9 Å². The Bertz CT molecular complexity index is 863. The number of aldehydes is 1. The molecule has 1 aromatic rings. The molecule has 2 atom stereocenters. The summed E-state index contributed by atoms with van der Waals surface area (Å²) in [5, 5.41) is 2.25. The molecule has 11 nitrogen and oxygen atoms in total. The van der Waals surface area contributed by atoms with Crippen LogP contribution >= 0.6 is 0 Å². The van der Waals surface area contributed by atoms with E-state index in [1.165, 1.54) is 6.92 Å². The van der Waals surface area contributed by atoms with Crippen LogP contribution in [0.4, 0.5) is 11.8 Å². The van der Waals surface area contributed by atoms with Gasteiger partial charge in [-0.3, -0.25) is 34.3 Å². The number of H-pyrrole nitrogens is 1. The van der Waals surface area contributed by atoms with E-state index in [4.69, 9.17) is 4.74 Å². The van der Waals surface area contributed by atoms with Gasteiger partial charge in [0.2, 0.25) is 23.7 Å². The number of ether oxygens (including phenoxy) is 1. The molecular weight excluding hydrogens is 384 g/mol.